The summed E-state index contributed by atoms with van der Waals surface area (Å²) in [6.45, 7) is 0. The summed E-state index contributed by atoms with van der Waals surface area (Å²) in [6.07, 6.45) is 3.63. The van der Waals surface area contributed by atoms with Gasteiger partial charge in [-0.1, -0.05) is 84.9 Å². The number of carbonyl (C=O) groups is 2. The van der Waals surface area contributed by atoms with Crippen molar-refractivity contribution in [2.45, 2.75) is 0 Å². The SMILES string of the molecule is O=C1c2cccc(-n3c4ccccc4c4c(-c5cccnc5)cccc43)c2C(=O)N1c1ccc(-c2ccccc2)cc1. The summed E-state index contributed by atoms with van der Waals surface area (Å²) in [4.78, 5) is 33.5. The molecule has 2 aromatic heterocycles. The van der Waals surface area contributed by atoms with Crippen molar-refractivity contribution in [1.82, 2.24) is 9.55 Å². The van der Waals surface area contributed by atoms with Crippen LogP contribution in [0.5, 0.6) is 0 Å². The van der Waals surface area contributed by atoms with Gasteiger partial charge < -0.3 is 4.57 Å². The monoisotopic (exact) mass is 541 g/mol. The fourth-order valence-corrected chi connectivity index (χ4v) is 6.16. The van der Waals surface area contributed by atoms with Crippen LogP contribution in [0, 0.1) is 0 Å². The van der Waals surface area contributed by atoms with Crippen LogP contribution in [0.25, 0.3) is 49.7 Å². The lowest BCUT2D eigenvalue weighted by atomic mass is 10.0. The van der Waals surface area contributed by atoms with E-state index in [1.165, 1.54) is 4.90 Å². The van der Waals surface area contributed by atoms with Crippen LogP contribution in [0.2, 0.25) is 0 Å². The number of aromatic nitrogens is 2. The number of carbonyl (C=O) groups excluding carboxylic acids is 2. The molecule has 5 nitrogen and oxygen atoms in total. The fraction of sp³-hybridized carbons (Fsp3) is 0. The summed E-state index contributed by atoms with van der Waals surface area (Å²) in [5, 5.41) is 2.14. The van der Waals surface area contributed by atoms with Crippen LogP contribution in [0.3, 0.4) is 0 Å². The van der Waals surface area contributed by atoms with Crippen molar-refractivity contribution in [1.29, 1.82) is 0 Å². The van der Waals surface area contributed by atoms with E-state index >= 15 is 0 Å². The molecule has 0 radical (unpaired) electrons. The van der Waals surface area contributed by atoms with E-state index in [9.17, 15) is 9.59 Å². The van der Waals surface area contributed by atoms with E-state index in [0.29, 0.717) is 22.5 Å². The van der Waals surface area contributed by atoms with Gasteiger partial charge >= 0.3 is 0 Å². The van der Waals surface area contributed by atoms with Gasteiger partial charge in [-0.05, 0) is 59.2 Å². The van der Waals surface area contributed by atoms with E-state index in [1.54, 1.807) is 12.3 Å². The number of nitrogens with zero attached hydrogens (tertiary/aromatic N) is 3. The first-order valence-corrected chi connectivity index (χ1v) is 13.8. The van der Waals surface area contributed by atoms with Crippen molar-refractivity contribution in [2.24, 2.45) is 0 Å². The quantitative estimate of drug-likeness (QED) is 0.211. The number of hydrogen-bond acceptors (Lipinski definition) is 3. The van der Waals surface area contributed by atoms with Crippen LogP contribution in [-0.2, 0) is 0 Å². The maximum absolute atomic E-state index is 14.1. The predicted molar refractivity (Wildman–Crippen MR) is 167 cm³/mol. The lowest BCUT2D eigenvalue weighted by Crippen LogP contribution is -2.29. The molecule has 0 unspecified atom stereocenters. The van der Waals surface area contributed by atoms with Crippen LogP contribution in [0.4, 0.5) is 5.69 Å². The van der Waals surface area contributed by atoms with E-state index in [-0.39, 0.29) is 11.8 Å². The Bertz CT molecular complexity index is 2170. The molecule has 3 heterocycles. The molecule has 1 aliphatic heterocycles. The molecule has 0 bridgehead atoms. The van der Waals surface area contributed by atoms with Gasteiger partial charge in [-0.15, -0.1) is 0 Å². The number of hydrogen-bond donors (Lipinski definition) is 0. The Labute approximate surface area is 241 Å². The smallest absolute Gasteiger partial charge is 0.268 e. The summed E-state index contributed by atoms with van der Waals surface area (Å²) in [5.41, 5.74) is 8.13. The Balaban J connectivity index is 1.30. The van der Waals surface area contributed by atoms with Gasteiger partial charge in [0.2, 0.25) is 0 Å². The van der Waals surface area contributed by atoms with Gasteiger partial charge in [0, 0.05) is 28.7 Å². The standard InChI is InChI=1S/C37H23N3O2/c41-36-30-14-7-17-33(35(30)37(42)39(36)27-20-18-25(19-21-27)24-9-2-1-3-10-24)40-31-15-5-4-12-29(31)34-28(13-6-16-32(34)40)26-11-8-22-38-23-26/h1-23H. The minimum absolute atomic E-state index is 0.318. The first-order valence-electron chi connectivity index (χ1n) is 13.8. The molecule has 198 valence electrons. The molecule has 0 atom stereocenters. The Morgan fingerprint density at radius 2 is 1.21 bits per heavy atom. The van der Waals surface area contributed by atoms with Gasteiger partial charge in [0.25, 0.3) is 11.8 Å². The van der Waals surface area contributed by atoms with Gasteiger partial charge in [-0.3, -0.25) is 14.6 Å². The molecule has 5 aromatic carbocycles. The molecule has 42 heavy (non-hydrogen) atoms. The van der Waals surface area contributed by atoms with Gasteiger partial charge in [0.15, 0.2) is 0 Å². The highest BCUT2D eigenvalue weighted by Crippen LogP contribution is 2.41. The second kappa shape index (κ2) is 9.39. The molecule has 5 heteroatoms. The highest BCUT2D eigenvalue weighted by atomic mass is 16.2. The number of benzene rings is 5. The molecule has 0 spiro atoms. The van der Waals surface area contributed by atoms with Crippen molar-refractivity contribution in [3.8, 4) is 27.9 Å². The summed E-state index contributed by atoms with van der Waals surface area (Å²) < 4.78 is 2.11. The van der Waals surface area contributed by atoms with E-state index in [1.807, 2.05) is 97.2 Å². The van der Waals surface area contributed by atoms with Crippen LogP contribution < -0.4 is 4.90 Å². The predicted octanol–water partition coefficient (Wildman–Crippen LogP) is 8.31. The van der Waals surface area contributed by atoms with Crippen LogP contribution in [-0.4, -0.2) is 21.4 Å². The second-order valence-corrected chi connectivity index (χ2v) is 10.4. The summed E-state index contributed by atoms with van der Waals surface area (Å²) in [7, 11) is 0. The minimum Gasteiger partial charge on any atom is -0.308 e. The fourth-order valence-electron chi connectivity index (χ4n) is 6.16. The Kier molecular flexibility index (Phi) is 5.37. The highest BCUT2D eigenvalue weighted by Gasteiger charge is 2.39. The molecular formula is C37H23N3O2. The lowest BCUT2D eigenvalue weighted by Gasteiger charge is -2.15. The highest BCUT2D eigenvalue weighted by molar-refractivity contribution is 6.36. The zero-order valence-corrected chi connectivity index (χ0v) is 22.4. The second-order valence-electron chi connectivity index (χ2n) is 10.4. The summed E-state index contributed by atoms with van der Waals surface area (Å²) in [6, 6.07) is 41.5. The van der Waals surface area contributed by atoms with Gasteiger partial charge in [-0.2, -0.15) is 0 Å². The average molecular weight is 542 g/mol. The van der Waals surface area contributed by atoms with E-state index in [4.69, 9.17) is 0 Å². The molecular weight excluding hydrogens is 518 g/mol. The Hall–Kier alpha value is -5.81. The lowest BCUT2D eigenvalue weighted by molar-refractivity contribution is 0.0926. The number of imide groups is 1. The number of fused-ring (bicyclic) bond motifs is 4. The number of pyridine rings is 1. The topological polar surface area (TPSA) is 55.2 Å². The van der Waals surface area contributed by atoms with Crippen LogP contribution in [0.1, 0.15) is 20.7 Å². The van der Waals surface area contributed by atoms with Gasteiger partial charge in [-0.25, -0.2) is 4.90 Å². The maximum Gasteiger partial charge on any atom is 0.268 e. The molecule has 8 rings (SSSR count). The van der Waals surface area contributed by atoms with E-state index in [2.05, 4.69) is 39.9 Å². The van der Waals surface area contributed by atoms with Crippen molar-refractivity contribution >= 4 is 39.3 Å². The van der Waals surface area contributed by atoms with Crippen molar-refractivity contribution in [2.75, 3.05) is 4.90 Å². The number of para-hydroxylation sites is 1. The van der Waals surface area contributed by atoms with Gasteiger partial charge in [0.05, 0.1) is 33.5 Å². The molecule has 2 amide bonds. The molecule has 0 saturated carbocycles. The van der Waals surface area contributed by atoms with Gasteiger partial charge in [0.1, 0.15) is 0 Å². The normalized spacial score (nSPS) is 12.8. The third kappa shape index (κ3) is 3.54. The molecule has 0 fully saturated rings. The van der Waals surface area contributed by atoms with Crippen molar-refractivity contribution in [3.05, 3.63) is 151 Å². The minimum atomic E-state index is -0.326. The maximum atomic E-state index is 14.1. The summed E-state index contributed by atoms with van der Waals surface area (Å²) in [5.74, 6) is -0.645. The molecule has 0 N–H and O–H groups in total. The summed E-state index contributed by atoms with van der Waals surface area (Å²) >= 11 is 0. The van der Waals surface area contributed by atoms with Crippen LogP contribution in [0.15, 0.2) is 140 Å². The largest absolute Gasteiger partial charge is 0.308 e. The molecule has 7 aromatic rings. The number of anilines is 1. The first-order chi connectivity index (χ1) is 20.7. The third-order valence-electron chi connectivity index (χ3n) is 8.04. The number of amides is 2. The molecule has 1 aliphatic rings. The zero-order chi connectivity index (χ0) is 28.2. The third-order valence-corrected chi connectivity index (χ3v) is 8.04. The van der Waals surface area contributed by atoms with Crippen molar-refractivity contribution < 1.29 is 9.59 Å². The number of rotatable bonds is 4. The van der Waals surface area contributed by atoms with Crippen molar-refractivity contribution in [3.63, 3.8) is 0 Å². The average Bonchev–Trinajstić information content (AvgIpc) is 3.53. The van der Waals surface area contributed by atoms with E-state index in [0.717, 1.165) is 44.1 Å². The zero-order valence-electron chi connectivity index (χ0n) is 22.4. The Morgan fingerprint density at radius 3 is 2.02 bits per heavy atom. The molecule has 0 saturated heterocycles. The molecule has 0 aliphatic carbocycles. The van der Waals surface area contributed by atoms with Crippen LogP contribution >= 0.6 is 0 Å². The van der Waals surface area contributed by atoms with E-state index < -0.39 is 0 Å². The Morgan fingerprint density at radius 1 is 0.524 bits per heavy atom. The first kappa shape index (κ1) is 24.0.